The molecule has 0 spiro atoms. The second kappa shape index (κ2) is 15.6. The SMILES string of the molecule is [2H]c1c([2H])c([2H])c(-c2c([2H])c(-c3nc(-c4c(-n5c6c([2H])c([2H])c([2H])c([2H])c6c6c([2H])c([2H])c([2H])c([2H])c65)c([2H])c([2H])c([2H])c4-n4c5c([2H])c([2H])c([2H])c([2H])c5c5c([2H])c([2H])c([2H])c([2H])c54)nc(-n4c5c([2H])c([2H])c([2H])c([2H])c5c5c([2H])c([2H])c([2H])c([2H])c54)n3)c([2H])c(-c3c([2H])c([2H])c([2H])c([2H])c3[2H])c2[2H])c([2H])c1[2H]. The van der Waals surface area contributed by atoms with E-state index in [0.717, 1.165) is 0 Å². The van der Waals surface area contributed by atoms with Crippen LogP contribution in [0.25, 0.3) is 128 Å². The zero-order chi connectivity index (χ0) is 80.2. The summed E-state index contributed by atoms with van der Waals surface area (Å²) in [6.07, 6.45) is 0. The molecule has 0 saturated carbocycles. The third kappa shape index (κ3) is 6.16. The molecular weight excluding hydrogens is 841 g/mol. The quantitative estimate of drug-likeness (QED) is 0.160. The summed E-state index contributed by atoms with van der Waals surface area (Å²) in [4.78, 5) is 14.2. The van der Waals surface area contributed by atoms with Crippen molar-refractivity contribution in [2.45, 2.75) is 0 Å². The molecule has 0 fully saturated rings. The number of aromatic nitrogens is 6. The van der Waals surface area contributed by atoms with E-state index in [2.05, 4.69) is 4.98 Å². The van der Waals surface area contributed by atoms with Crippen molar-refractivity contribution in [3.63, 3.8) is 0 Å². The van der Waals surface area contributed by atoms with Crippen LogP contribution in [0, 0.1) is 0 Å². The van der Waals surface area contributed by atoms with Crippen LogP contribution in [0.5, 0.6) is 0 Å². The number of fused-ring (bicyclic) bond motifs is 9. The number of benzene rings is 10. The van der Waals surface area contributed by atoms with Crippen LogP contribution in [0.4, 0.5) is 0 Å². The highest BCUT2D eigenvalue weighted by Gasteiger charge is 2.26. The minimum atomic E-state index is -1.38. The zero-order valence-corrected chi connectivity index (χ0v) is 34.2. The van der Waals surface area contributed by atoms with Crippen molar-refractivity contribution in [3.8, 4) is 62.4 Å². The van der Waals surface area contributed by atoms with E-state index in [1.165, 1.54) is 0 Å². The first-order valence-electron chi connectivity index (χ1n) is 40.1. The first kappa shape index (κ1) is 16.1. The van der Waals surface area contributed by atoms with Crippen molar-refractivity contribution >= 4 is 65.4 Å². The third-order valence-corrected chi connectivity index (χ3v) is 10.9. The van der Waals surface area contributed by atoms with E-state index in [4.69, 9.17) is 34.6 Å². The Morgan fingerprint density at radius 3 is 0.971 bits per heavy atom. The summed E-state index contributed by atoms with van der Waals surface area (Å²) in [5.41, 5.74) is -14.7. The molecule has 0 radical (unpaired) electrons. The maximum atomic E-state index is 10.3. The summed E-state index contributed by atoms with van der Waals surface area (Å²) >= 11 is 0. The van der Waals surface area contributed by atoms with Crippen LogP contribution >= 0.6 is 0 Å². The van der Waals surface area contributed by atoms with Gasteiger partial charge in [0.1, 0.15) is 0 Å². The zero-order valence-electron chi connectivity index (χ0n) is 74.2. The predicted octanol–water partition coefficient (Wildman–Crippen LogP) is 15.8. The molecule has 10 aromatic carbocycles. The van der Waals surface area contributed by atoms with Crippen LogP contribution in [-0.2, 0) is 0 Å². The van der Waals surface area contributed by atoms with Crippen LogP contribution in [0.2, 0.25) is 0 Å². The Labute approximate surface area is 453 Å². The maximum absolute atomic E-state index is 10.3. The van der Waals surface area contributed by atoms with E-state index in [-0.39, 0.29) is 0 Å². The Bertz CT molecular complexity index is 6160. The molecule has 0 unspecified atom stereocenters. The molecule has 69 heavy (non-hydrogen) atoms. The van der Waals surface area contributed by atoms with E-state index in [0.29, 0.717) is 13.7 Å². The predicted molar refractivity (Wildman–Crippen MR) is 285 cm³/mol. The minimum absolute atomic E-state index is 0.552. The van der Waals surface area contributed by atoms with Gasteiger partial charge >= 0.3 is 0 Å². The second-order valence-electron chi connectivity index (χ2n) is 14.6. The molecule has 0 atom stereocenters. The molecule has 0 N–H and O–H groups in total. The number of rotatable bonds is 7. The average molecular weight is 921 g/mol. The molecule has 0 aliphatic heterocycles. The van der Waals surface area contributed by atoms with Crippen LogP contribution in [0.3, 0.4) is 0 Å². The average Bonchev–Trinajstić information content (AvgIpc) is 1.58. The lowest BCUT2D eigenvalue weighted by Gasteiger charge is -2.20. The number of para-hydroxylation sites is 6. The van der Waals surface area contributed by atoms with Crippen LogP contribution in [0.15, 0.2) is 242 Å². The topological polar surface area (TPSA) is 53.5 Å². The van der Waals surface area contributed by atoms with E-state index in [9.17, 15) is 30.2 Å². The molecule has 14 rings (SSSR count). The van der Waals surface area contributed by atoms with E-state index in [1.807, 2.05) is 0 Å². The van der Waals surface area contributed by atoms with E-state index < -0.39 is 369 Å². The van der Waals surface area contributed by atoms with Gasteiger partial charge in [-0.2, -0.15) is 9.97 Å². The Morgan fingerprint density at radius 1 is 0.261 bits per heavy atom. The summed E-state index contributed by atoms with van der Waals surface area (Å²) < 4.78 is 374. The van der Waals surface area contributed by atoms with Gasteiger partial charge in [0.25, 0.3) is 0 Å². The third-order valence-electron chi connectivity index (χ3n) is 10.9. The van der Waals surface area contributed by atoms with Crippen molar-refractivity contribution in [3.05, 3.63) is 242 Å². The van der Waals surface area contributed by atoms with Gasteiger partial charge in [0.15, 0.2) is 11.6 Å². The lowest BCUT2D eigenvalue weighted by atomic mass is 9.96. The molecule has 0 saturated heterocycles. The Morgan fingerprint density at radius 2 is 0.580 bits per heavy atom. The Hall–Kier alpha value is -9.39. The fourth-order valence-corrected chi connectivity index (χ4v) is 8.11. The Balaban J connectivity index is 1.37. The molecule has 4 heterocycles. The van der Waals surface area contributed by atoms with Gasteiger partial charge < -0.3 is 9.13 Å². The summed E-state index contributed by atoms with van der Waals surface area (Å²) in [7, 11) is 0. The highest BCUT2D eigenvalue weighted by molar-refractivity contribution is 6.12. The van der Waals surface area contributed by atoms with Crippen molar-refractivity contribution < 1.29 is 54.8 Å². The monoisotopic (exact) mass is 921 g/mol. The minimum Gasteiger partial charge on any atom is -0.308 e. The summed E-state index contributed by atoms with van der Waals surface area (Å²) in [6, 6.07) is -45.3. The molecule has 14 aromatic rings. The van der Waals surface area contributed by atoms with Gasteiger partial charge in [0.2, 0.25) is 5.95 Å². The van der Waals surface area contributed by atoms with Crippen molar-refractivity contribution in [2.24, 2.45) is 0 Å². The van der Waals surface area contributed by atoms with Crippen molar-refractivity contribution in [1.29, 1.82) is 0 Å². The fourth-order valence-electron chi connectivity index (χ4n) is 8.11. The van der Waals surface area contributed by atoms with E-state index >= 15 is 0 Å². The van der Waals surface area contributed by atoms with Gasteiger partial charge in [-0.3, -0.25) is 4.57 Å². The fraction of sp³-hybridized carbons (Fsp3) is 0. The van der Waals surface area contributed by atoms with Gasteiger partial charge in [0, 0.05) is 37.9 Å². The van der Waals surface area contributed by atoms with E-state index in [1.54, 1.807) is 0 Å². The molecule has 4 aromatic heterocycles. The number of nitrogens with zero attached hydrogens (tertiary/aromatic N) is 6. The van der Waals surface area contributed by atoms with Crippen molar-refractivity contribution in [2.75, 3.05) is 0 Å². The molecule has 0 amide bonds. The highest BCUT2D eigenvalue weighted by atomic mass is 15.2. The summed E-state index contributed by atoms with van der Waals surface area (Å²) in [6.45, 7) is 0. The lowest BCUT2D eigenvalue weighted by molar-refractivity contribution is 0.949. The first-order valence-corrected chi connectivity index (χ1v) is 20.1. The number of hydrogen-bond acceptors (Lipinski definition) is 3. The van der Waals surface area contributed by atoms with Gasteiger partial charge in [-0.1, -0.05) is 175 Å². The lowest BCUT2D eigenvalue weighted by Crippen LogP contribution is -2.10. The standard InChI is InChI=1S/C63H40N6/c1-3-20-41(21-4-1)43-38-44(42-22-5-2-6-23-42)40-45(39-43)61-64-62(66-63(65-61)69-56-34-17-11-28-50(56)51-29-12-18-35-57(51)69)60-58(67-52-30-13-7-24-46(52)47-25-8-14-31-53(47)67)36-19-37-59(60)68-54-32-15-9-26-48(54)49-27-10-16-33-55(49)68/h1-40H/i1D,2D,3D,4D,5D,6D,7D,8D,9D,10D,11D,12D,13D,14D,15D,16D,17D,18D,19D,20D,21D,22D,23D,24D,25D,26D,27D,28D,29D,30D,31D,32D,33D,34D,35D,36D,37D,38D,39D,40D. The normalized spacial score (nSPS) is 19.9. The Kier molecular flexibility index (Phi) is 3.65. The second-order valence-corrected chi connectivity index (χ2v) is 14.6. The summed E-state index contributed by atoms with van der Waals surface area (Å²) in [5.74, 6) is -4.00. The van der Waals surface area contributed by atoms with Gasteiger partial charge in [0.05, 0.1) is 105 Å². The first-order chi connectivity index (χ1) is 50.9. The van der Waals surface area contributed by atoms with Crippen molar-refractivity contribution in [1.82, 2.24) is 28.7 Å². The molecule has 6 nitrogen and oxygen atoms in total. The summed E-state index contributed by atoms with van der Waals surface area (Å²) in [5, 5.41) is -4.51. The molecular formula is C63H40N6. The van der Waals surface area contributed by atoms with Gasteiger partial charge in [-0.15, -0.1) is 0 Å². The maximum Gasteiger partial charge on any atom is 0.238 e. The molecule has 0 bridgehead atoms. The largest absolute Gasteiger partial charge is 0.308 e. The molecule has 322 valence electrons. The van der Waals surface area contributed by atoms with Crippen LogP contribution in [-0.4, -0.2) is 28.7 Å². The molecule has 0 aliphatic rings. The van der Waals surface area contributed by atoms with Gasteiger partial charge in [-0.25, -0.2) is 4.98 Å². The highest BCUT2D eigenvalue weighted by Crippen LogP contribution is 2.43. The molecule has 6 heteroatoms. The van der Waals surface area contributed by atoms with Gasteiger partial charge in [-0.05, 0) is 88.7 Å². The molecule has 0 aliphatic carbocycles. The van der Waals surface area contributed by atoms with Crippen LogP contribution < -0.4 is 0 Å². The smallest absolute Gasteiger partial charge is 0.238 e. The van der Waals surface area contributed by atoms with Crippen LogP contribution in [0.1, 0.15) is 54.8 Å². The number of hydrogen-bond donors (Lipinski definition) is 0.